The van der Waals surface area contributed by atoms with E-state index in [-0.39, 0.29) is 29.5 Å². The number of nitro groups is 1. The average molecular weight is 352 g/mol. The minimum Gasteiger partial charge on any atom is -0.506 e. The van der Waals surface area contributed by atoms with Crippen LogP contribution in [0.1, 0.15) is 36.6 Å². The van der Waals surface area contributed by atoms with E-state index in [1.165, 1.54) is 16.8 Å². The van der Waals surface area contributed by atoms with Gasteiger partial charge in [-0.1, -0.05) is 0 Å². The third-order valence-electron chi connectivity index (χ3n) is 3.81. The molecule has 1 aliphatic carbocycles. The average Bonchev–Trinajstić information content (AvgIpc) is 3.30. The van der Waals surface area contributed by atoms with Crippen LogP contribution in [0, 0.1) is 10.1 Å². The maximum atomic E-state index is 12.8. The predicted molar refractivity (Wildman–Crippen MR) is 82.5 cm³/mol. The van der Waals surface area contributed by atoms with E-state index in [1.54, 1.807) is 0 Å². The van der Waals surface area contributed by atoms with E-state index in [0.717, 1.165) is 25.0 Å². The number of aromatic nitrogens is 2. The molecule has 1 saturated carbocycles. The van der Waals surface area contributed by atoms with E-state index in [2.05, 4.69) is 10.4 Å². The maximum absolute atomic E-state index is 12.8. The van der Waals surface area contributed by atoms with Gasteiger partial charge in [0.15, 0.2) is 0 Å². The Hall–Kier alpha value is -3.04. The molecule has 1 aromatic carbocycles. The lowest BCUT2D eigenvalue weighted by Gasteiger charge is -2.09. The van der Waals surface area contributed by atoms with Gasteiger partial charge < -0.3 is 10.4 Å². The van der Waals surface area contributed by atoms with Gasteiger partial charge in [0, 0.05) is 17.7 Å². The van der Waals surface area contributed by atoms with Crippen LogP contribution in [0.5, 0.6) is 5.75 Å². The summed E-state index contributed by atoms with van der Waals surface area (Å²) >= 11 is 0. The molecule has 0 saturated heterocycles. The lowest BCUT2D eigenvalue weighted by atomic mass is 10.2. The van der Waals surface area contributed by atoms with Crippen molar-refractivity contribution in [1.82, 2.24) is 9.78 Å². The van der Waals surface area contributed by atoms with Crippen LogP contribution < -0.4 is 5.32 Å². The Kier molecular flexibility index (Phi) is 4.34. The molecule has 3 rings (SSSR count). The highest BCUT2D eigenvalue weighted by atomic mass is 19.3. The number of benzene rings is 1. The fraction of sp³-hybridized carbons (Fsp3) is 0.333. The van der Waals surface area contributed by atoms with E-state index in [0.29, 0.717) is 5.69 Å². The number of carbonyl (C=O) groups excluding carboxylic acids is 1. The number of non-ortho nitro benzene ring substituents is 1. The highest BCUT2D eigenvalue weighted by Crippen LogP contribution is 2.41. The number of amides is 1. The molecule has 1 aliphatic rings. The largest absolute Gasteiger partial charge is 0.506 e. The van der Waals surface area contributed by atoms with Crippen LogP contribution in [0.3, 0.4) is 0 Å². The fourth-order valence-corrected chi connectivity index (χ4v) is 2.46. The predicted octanol–water partition coefficient (Wildman–Crippen LogP) is 2.95. The second kappa shape index (κ2) is 6.46. The first-order chi connectivity index (χ1) is 11.8. The van der Waals surface area contributed by atoms with E-state index in [1.807, 2.05) is 0 Å². The zero-order valence-corrected chi connectivity index (χ0v) is 12.9. The second-order valence-corrected chi connectivity index (χ2v) is 5.73. The Labute approximate surface area is 140 Å². The van der Waals surface area contributed by atoms with Gasteiger partial charge in [-0.3, -0.25) is 19.6 Å². The van der Waals surface area contributed by atoms with Gasteiger partial charge in [0.25, 0.3) is 12.1 Å². The number of aromatic hydroxyl groups is 1. The Morgan fingerprint density at radius 3 is 2.72 bits per heavy atom. The molecule has 0 atom stereocenters. The molecule has 8 nitrogen and oxygen atoms in total. The Morgan fingerprint density at radius 1 is 1.44 bits per heavy atom. The number of nitrogens with one attached hydrogen (secondary N) is 1. The smallest absolute Gasteiger partial charge is 0.282 e. The molecule has 25 heavy (non-hydrogen) atoms. The van der Waals surface area contributed by atoms with E-state index < -0.39 is 23.0 Å². The molecule has 1 amide bonds. The number of halogens is 2. The lowest BCUT2D eigenvalue weighted by Crippen LogP contribution is -2.21. The molecule has 10 heteroatoms. The van der Waals surface area contributed by atoms with E-state index in [9.17, 15) is 28.8 Å². The highest BCUT2D eigenvalue weighted by Gasteiger charge is 2.30. The van der Waals surface area contributed by atoms with Gasteiger partial charge in [-0.25, -0.2) is 8.78 Å². The van der Waals surface area contributed by atoms with Gasteiger partial charge in [0.2, 0.25) is 5.91 Å². The van der Waals surface area contributed by atoms with Gasteiger partial charge in [-0.2, -0.15) is 5.10 Å². The van der Waals surface area contributed by atoms with Crippen LogP contribution in [-0.2, 0) is 11.3 Å². The topological polar surface area (TPSA) is 110 Å². The number of phenolic OH excluding ortho intramolecular Hbond substituents is 1. The molecular weight excluding hydrogens is 338 g/mol. The lowest BCUT2D eigenvalue weighted by molar-refractivity contribution is -0.384. The Bertz CT molecular complexity index is 833. The number of rotatable bonds is 6. The maximum Gasteiger partial charge on any atom is 0.282 e. The van der Waals surface area contributed by atoms with Crippen molar-refractivity contribution in [2.45, 2.75) is 31.7 Å². The Morgan fingerprint density at radius 2 is 2.16 bits per heavy atom. The number of phenols is 1. The van der Waals surface area contributed by atoms with Crippen LogP contribution in [0.15, 0.2) is 24.3 Å². The van der Waals surface area contributed by atoms with Crippen LogP contribution in [0.25, 0.3) is 0 Å². The standard InChI is InChI=1S/C15H14F2N4O4/c16-15(17)11-6-12(8-1-2-8)20(19-11)7-14(23)18-10-4-3-9(21(24)25)5-13(10)22/h3-6,8,15,22H,1-2,7H2,(H,18,23). The van der Waals surface area contributed by atoms with E-state index in [4.69, 9.17) is 0 Å². The summed E-state index contributed by atoms with van der Waals surface area (Å²) in [5.41, 5.74) is -0.128. The van der Waals surface area contributed by atoms with Crippen molar-refractivity contribution in [3.8, 4) is 5.75 Å². The van der Waals surface area contributed by atoms with Crippen molar-refractivity contribution in [3.05, 3.63) is 45.8 Å². The monoisotopic (exact) mass is 352 g/mol. The Balaban J connectivity index is 1.74. The SMILES string of the molecule is O=C(Cn1nc(C(F)F)cc1C1CC1)Nc1ccc([N+](=O)[O-])cc1O. The van der Waals surface area contributed by atoms with Crippen molar-refractivity contribution in [3.63, 3.8) is 0 Å². The van der Waals surface area contributed by atoms with Gasteiger partial charge in [-0.05, 0) is 25.0 Å². The van der Waals surface area contributed by atoms with Gasteiger partial charge >= 0.3 is 0 Å². The molecule has 0 bridgehead atoms. The van der Waals surface area contributed by atoms with Crippen LogP contribution in [-0.4, -0.2) is 25.7 Å². The van der Waals surface area contributed by atoms with Crippen LogP contribution >= 0.6 is 0 Å². The third-order valence-corrected chi connectivity index (χ3v) is 3.81. The number of nitro benzene ring substituents is 1. The van der Waals surface area contributed by atoms with Crippen LogP contribution in [0.4, 0.5) is 20.2 Å². The molecule has 2 N–H and O–H groups in total. The summed E-state index contributed by atoms with van der Waals surface area (Å²) in [6, 6.07) is 4.54. The molecule has 0 unspecified atom stereocenters. The van der Waals surface area contributed by atoms with Gasteiger partial charge in [-0.15, -0.1) is 0 Å². The zero-order chi connectivity index (χ0) is 18.1. The highest BCUT2D eigenvalue weighted by molar-refractivity contribution is 5.92. The summed E-state index contributed by atoms with van der Waals surface area (Å²) in [5.74, 6) is -0.922. The normalized spacial score (nSPS) is 13.9. The van der Waals surface area contributed by atoms with Crippen molar-refractivity contribution >= 4 is 17.3 Å². The number of hydrogen-bond acceptors (Lipinski definition) is 5. The third kappa shape index (κ3) is 3.73. The van der Waals surface area contributed by atoms with Crippen molar-refractivity contribution in [2.24, 2.45) is 0 Å². The molecule has 0 aliphatic heterocycles. The molecule has 1 heterocycles. The first kappa shape index (κ1) is 16.8. The van der Waals surface area contributed by atoms with Crippen molar-refractivity contribution in [2.75, 3.05) is 5.32 Å². The molecule has 1 fully saturated rings. The number of alkyl halides is 2. The van der Waals surface area contributed by atoms with Crippen molar-refractivity contribution in [1.29, 1.82) is 0 Å². The molecule has 132 valence electrons. The van der Waals surface area contributed by atoms with Crippen LogP contribution in [0.2, 0.25) is 0 Å². The zero-order valence-electron chi connectivity index (χ0n) is 12.9. The summed E-state index contributed by atoms with van der Waals surface area (Å²) in [6.07, 6.45) is -1.00. The fourth-order valence-electron chi connectivity index (χ4n) is 2.46. The summed E-state index contributed by atoms with van der Waals surface area (Å²) in [5, 5.41) is 26.5. The first-order valence-corrected chi connectivity index (χ1v) is 7.48. The summed E-state index contributed by atoms with van der Waals surface area (Å²) in [6.45, 7) is -0.297. The van der Waals surface area contributed by atoms with Crippen molar-refractivity contribution < 1.29 is 23.6 Å². The van der Waals surface area contributed by atoms with Gasteiger partial charge in [0.1, 0.15) is 18.0 Å². The minimum atomic E-state index is -2.72. The minimum absolute atomic E-state index is 0.00943. The quantitative estimate of drug-likeness (QED) is 0.472. The molecular formula is C15H14F2N4O4. The molecule has 2 aromatic rings. The van der Waals surface area contributed by atoms with Gasteiger partial charge in [0.05, 0.1) is 16.7 Å². The number of hydrogen-bond donors (Lipinski definition) is 2. The first-order valence-electron chi connectivity index (χ1n) is 7.48. The molecule has 0 spiro atoms. The number of carbonyl (C=O) groups is 1. The molecule has 0 radical (unpaired) electrons. The summed E-state index contributed by atoms with van der Waals surface area (Å²) in [4.78, 5) is 22.1. The molecule has 1 aromatic heterocycles. The number of nitrogens with zero attached hydrogens (tertiary/aromatic N) is 3. The second-order valence-electron chi connectivity index (χ2n) is 5.73. The summed E-state index contributed by atoms with van der Waals surface area (Å²) in [7, 11) is 0. The number of anilines is 1. The summed E-state index contributed by atoms with van der Waals surface area (Å²) < 4.78 is 26.9. The van der Waals surface area contributed by atoms with E-state index >= 15 is 0 Å².